The van der Waals surface area contributed by atoms with Crippen LogP contribution >= 0.6 is 11.3 Å². The van der Waals surface area contributed by atoms with E-state index in [-0.39, 0.29) is 0 Å². The van der Waals surface area contributed by atoms with Crippen molar-refractivity contribution >= 4 is 99.3 Å². The molecule has 10 aromatic carbocycles. The molecule has 1 aromatic heterocycles. The topological polar surface area (TPSA) is 3.24 Å². The van der Waals surface area contributed by atoms with Crippen molar-refractivity contribution in [2.45, 2.75) is 18.5 Å². The van der Waals surface area contributed by atoms with Gasteiger partial charge >= 0.3 is 0 Å². The first-order chi connectivity index (χ1) is 29.5. The summed E-state index contributed by atoms with van der Waals surface area (Å²) in [5, 5.41) is 13.4. The minimum absolute atomic E-state index is 0.472. The molecule has 0 N–H and O–H groups in total. The molecule has 1 unspecified atom stereocenters. The van der Waals surface area contributed by atoms with Gasteiger partial charge in [0, 0.05) is 36.9 Å². The Morgan fingerprint density at radius 3 is 1.90 bits per heavy atom. The summed E-state index contributed by atoms with van der Waals surface area (Å²) in [6, 6.07) is 76.1. The fourth-order valence-electron chi connectivity index (χ4n) is 11.3. The van der Waals surface area contributed by atoms with E-state index >= 15 is 0 Å². The van der Waals surface area contributed by atoms with Crippen LogP contribution in [-0.4, -0.2) is 8.07 Å². The number of rotatable bonds is 3. The van der Waals surface area contributed by atoms with Gasteiger partial charge in [-0.15, -0.1) is 11.3 Å². The Labute approximate surface area is 354 Å². The molecule has 1 nitrogen and oxygen atoms in total. The van der Waals surface area contributed by atoms with Crippen molar-refractivity contribution in [3.63, 3.8) is 0 Å². The van der Waals surface area contributed by atoms with E-state index in [1.54, 1.807) is 0 Å². The van der Waals surface area contributed by atoms with Gasteiger partial charge in [-0.1, -0.05) is 183 Å². The predicted molar refractivity (Wildman–Crippen MR) is 261 cm³/mol. The smallest absolute Gasteiger partial charge is 0.113 e. The zero-order valence-corrected chi connectivity index (χ0v) is 35.2. The average Bonchev–Trinajstić information content (AvgIpc) is 3.68. The van der Waals surface area contributed by atoms with Gasteiger partial charge < -0.3 is 4.90 Å². The molecule has 2 aliphatic rings. The molecule has 13 rings (SSSR count). The third-order valence-electron chi connectivity index (χ3n) is 13.9. The van der Waals surface area contributed by atoms with Crippen LogP contribution in [0.15, 0.2) is 200 Å². The molecule has 2 heterocycles. The lowest BCUT2D eigenvalue weighted by molar-refractivity contribution is 0.754. The van der Waals surface area contributed by atoms with Gasteiger partial charge in [-0.05, 0) is 101 Å². The van der Waals surface area contributed by atoms with Crippen LogP contribution in [0.3, 0.4) is 0 Å². The highest BCUT2D eigenvalue weighted by Crippen LogP contribution is 2.56. The highest BCUT2D eigenvalue weighted by molar-refractivity contribution is 7.26. The minimum Gasteiger partial charge on any atom is -0.310 e. The normalized spacial score (nSPS) is 16.0. The number of fused-ring (bicyclic) bond motifs is 14. The van der Waals surface area contributed by atoms with E-state index in [0.717, 1.165) is 0 Å². The Bertz CT molecular complexity index is 3600. The summed E-state index contributed by atoms with van der Waals surface area (Å²) in [6.07, 6.45) is 0. The molecule has 60 heavy (non-hydrogen) atoms. The molecule has 1 spiro atoms. The lowest BCUT2D eigenvalue weighted by atomic mass is 9.59. The van der Waals surface area contributed by atoms with Crippen LogP contribution < -0.4 is 15.3 Å². The lowest BCUT2D eigenvalue weighted by Gasteiger charge is -2.50. The van der Waals surface area contributed by atoms with Crippen LogP contribution in [0.4, 0.5) is 17.1 Å². The maximum Gasteiger partial charge on any atom is 0.113 e. The summed E-state index contributed by atoms with van der Waals surface area (Å²) in [5.41, 5.74) is 11.3. The average molecular weight is 798 g/mol. The Morgan fingerprint density at radius 2 is 1.02 bits per heavy atom. The van der Waals surface area contributed by atoms with E-state index in [1.807, 2.05) is 11.3 Å². The number of benzene rings is 10. The van der Waals surface area contributed by atoms with E-state index in [2.05, 4.69) is 218 Å². The Kier molecular flexibility index (Phi) is 7.04. The highest BCUT2D eigenvalue weighted by Gasteiger charge is 2.52. The van der Waals surface area contributed by atoms with Crippen LogP contribution in [-0.2, 0) is 5.41 Å². The van der Waals surface area contributed by atoms with Crippen molar-refractivity contribution in [2.24, 2.45) is 0 Å². The van der Waals surface area contributed by atoms with Crippen molar-refractivity contribution in [1.82, 2.24) is 0 Å². The summed E-state index contributed by atoms with van der Waals surface area (Å²) in [5.74, 6) is 0. The van der Waals surface area contributed by atoms with Crippen LogP contribution in [0.25, 0.3) is 63.6 Å². The quantitative estimate of drug-likeness (QED) is 0.161. The van der Waals surface area contributed by atoms with Crippen LogP contribution in [0, 0.1) is 0 Å². The van der Waals surface area contributed by atoms with Crippen molar-refractivity contribution in [3.8, 4) is 11.1 Å². The zero-order chi connectivity index (χ0) is 39.7. The van der Waals surface area contributed by atoms with Gasteiger partial charge in [-0.25, -0.2) is 0 Å². The fraction of sp³-hybridized carbons (Fsp3) is 0.0526. The largest absolute Gasteiger partial charge is 0.310 e. The fourth-order valence-corrected chi connectivity index (χ4v) is 15.7. The van der Waals surface area contributed by atoms with Crippen molar-refractivity contribution in [3.05, 3.63) is 222 Å². The van der Waals surface area contributed by atoms with E-state index in [4.69, 9.17) is 0 Å². The molecule has 0 amide bonds. The maximum absolute atomic E-state index is 2.59. The number of hydrogen-bond donors (Lipinski definition) is 0. The van der Waals surface area contributed by atoms with Crippen LogP contribution in [0.1, 0.15) is 22.3 Å². The van der Waals surface area contributed by atoms with Crippen LogP contribution in [0.5, 0.6) is 0 Å². The van der Waals surface area contributed by atoms with E-state index in [1.165, 1.54) is 113 Å². The minimum atomic E-state index is -2.29. The second kappa shape index (κ2) is 12.4. The molecule has 11 aromatic rings. The molecule has 282 valence electrons. The lowest BCUT2D eigenvalue weighted by Crippen LogP contribution is -2.63. The SMILES string of the molecule is C[Si]1(C)c2ccccc2C2(c3ccccc3-c3cccc4cccc2c34)c2ccc(N(c3ccc4c(c3)sc3c5ccccc5ccc43)c3cccc4ccccc34)cc21. The summed E-state index contributed by atoms with van der Waals surface area (Å²) in [7, 11) is -2.29. The molecule has 1 aliphatic heterocycles. The van der Waals surface area contributed by atoms with Gasteiger partial charge in [0.2, 0.25) is 0 Å². The van der Waals surface area contributed by atoms with Gasteiger partial charge in [-0.3, -0.25) is 0 Å². The van der Waals surface area contributed by atoms with Crippen molar-refractivity contribution in [1.29, 1.82) is 0 Å². The van der Waals surface area contributed by atoms with Gasteiger partial charge in [0.05, 0.1) is 11.1 Å². The molecule has 1 atom stereocenters. The summed E-state index contributed by atoms with van der Waals surface area (Å²) in [6.45, 7) is 5.14. The zero-order valence-electron chi connectivity index (χ0n) is 33.4. The van der Waals surface area contributed by atoms with Gasteiger partial charge in [0.15, 0.2) is 0 Å². The van der Waals surface area contributed by atoms with E-state index in [0.29, 0.717) is 0 Å². The molecular formula is C57H39NSSi. The maximum atomic E-state index is 2.59. The Balaban J connectivity index is 1.11. The predicted octanol–water partition coefficient (Wildman–Crippen LogP) is 14.5. The number of thiophene rings is 1. The van der Waals surface area contributed by atoms with E-state index < -0.39 is 13.5 Å². The monoisotopic (exact) mass is 797 g/mol. The first-order valence-electron chi connectivity index (χ1n) is 21.0. The van der Waals surface area contributed by atoms with Crippen molar-refractivity contribution in [2.75, 3.05) is 4.90 Å². The number of anilines is 3. The number of hydrogen-bond acceptors (Lipinski definition) is 2. The molecule has 1 aliphatic carbocycles. The Morgan fingerprint density at radius 1 is 0.417 bits per heavy atom. The van der Waals surface area contributed by atoms with Crippen molar-refractivity contribution < 1.29 is 0 Å². The van der Waals surface area contributed by atoms with Gasteiger partial charge in [-0.2, -0.15) is 0 Å². The van der Waals surface area contributed by atoms with Gasteiger partial charge in [0.1, 0.15) is 8.07 Å². The number of nitrogens with zero attached hydrogens (tertiary/aromatic N) is 1. The highest BCUT2D eigenvalue weighted by atomic mass is 32.1. The standard InChI is InChI=1S/C57H39NSSi/c1-60(2)53-27-10-9-24-48(53)57(47-23-8-7-21-43(47)45-22-11-17-38-18-12-25-50(57)55(38)45)49-33-30-40(35-54(49)60)58(51-26-13-16-36-14-3-5-19-41(36)51)39-29-32-44-46-31-28-37-15-4-6-20-42(37)56(46)59-52(44)34-39/h3-35H,1-2H3. The Hall–Kier alpha value is -6.78. The molecule has 0 saturated carbocycles. The van der Waals surface area contributed by atoms with Gasteiger partial charge in [0.25, 0.3) is 0 Å². The summed E-state index contributed by atoms with van der Waals surface area (Å²) < 4.78 is 2.65. The third kappa shape index (κ3) is 4.46. The molecule has 0 radical (unpaired) electrons. The molecular weight excluding hydrogens is 759 g/mol. The molecule has 0 saturated heterocycles. The first-order valence-corrected chi connectivity index (χ1v) is 24.8. The summed E-state index contributed by atoms with van der Waals surface area (Å²) in [4.78, 5) is 2.53. The third-order valence-corrected chi connectivity index (χ3v) is 18.6. The molecule has 0 fully saturated rings. The first kappa shape index (κ1) is 34.1. The molecule has 3 heteroatoms. The molecule has 0 bridgehead atoms. The van der Waals surface area contributed by atoms with E-state index in [9.17, 15) is 0 Å². The second-order valence-corrected chi connectivity index (χ2v) is 22.6. The van der Waals surface area contributed by atoms with Crippen LogP contribution in [0.2, 0.25) is 13.1 Å². The second-order valence-electron chi connectivity index (χ2n) is 17.2. The summed E-state index contributed by atoms with van der Waals surface area (Å²) >= 11 is 1.91.